The Kier molecular flexibility index (Phi) is 3.30. The molecule has 1 aliphatic heterocycles. The number of hydrogen-bond acceptors (Lipinski definition) is 5. The van der Waals surface area contributed by atoms with Crippen molar-refractivity contribution in [3.05, 3.63) is 11.1 Å². The number of thioether (sulfide) groups is 1. The summed E-state index contributed by atoms with van der Waals surface area (Å²) in [7, 11) is 0. The monoisotopic (exact) mass is 229 g/mol. The van der Waals surface area contributed by atoms with Gasteiger partial charge in [0.2, 0.25) is 0 Å². The van der Waals surface area contributed by atoms with Gasteiger partial charge in [-0.1, -0.05) is 0 Å². The van der Waals surface area contributed by atoms with Gasteiger partial charge in [-0.25, -0.2) is 4.98 Å². The van der Waals surface area contributed by atoms with E-state index < -0.39 is 0 Å². The first-order valence-corrected chi connectivity index (χ1v) is 6.81. The van der Waals surface area contributed by atoms with Crippen LogP contribution in [-0.2, 0) is 6.54 Å². The van der Waals surface area contributed by atoms with Crippen molar-refractivity contribution in [3.63, 3.8) is 0 Å². The first-order chi connectivity index (χ1) is 6.75. The van der Waals surface area contributed by atoms with Gasteiger partial charge in [-0.3, -0.25) is 4.90 Å². The smallest absolute Gasteiger partial charge is 0.180 e. The number of nitrogen functional groups attached to an aromatic ring is 1. The lowest BCUT2D eigenvalue weighted by Gasteiger charge is -2.32. The zero-order valence-corrected chi connectivity index (χ0v) is 9.90. The highest BCUT2D eigenvalue weighted by Gasteiger charge is 2.19. The molecule has 0 saturated carbocycles. The third kappa shape index (κ3) is 2.40. The quantitative estimate of drug-likeness (QED) is 0.837. The minimum atomic E-state index is 0.664. The van der Waals surface area contributed by atoms with Crippen LogP contribution in [0.1, 0.15) is 12.6 Å². The molecule has 0 spiro atoms. The largest absolute Gasteiger partial charge is 0.375 e. The number of aromatic nitrogens is 1. The molecule has 1 aliphatic rings. The predicted octanol–water partition coefficient (Wildman–Crippen LogP) is 1.66. The lowest BCUT2D eigenvalue weighted by molar-refractivity contribution is 0.222. The molecule has 14 heavy (non-hydrogen) atoms. The summed E-state index contributed by atoms with van der Waals surface area (Å²) in [6.07, 6.45) is 0. The topological polar surface area (TPSA) is 42.1 Å². The second kappa shape index (κ2) is 4.51. The van der Waals surface area contributed by atoms with Crippen molar-refractivity contribution >= 4 is 28.2 Å². The lowest BCUT2D eigenvalue weighted by atomic mass is 10.3. The molecule has 0 aliphatic carbocycles. The molecule has 1 unspecified atom stereocenters. The Labute approximate surface area is 92.7 Å². The number of anilines is 1. The maximum absolute atomic E-state index is 5.60. The molecule has 1 aromatic rings. The standard InChI is InChI=1S/C9H15N3S2/c1-7-5-13-3-2-12(7)4-8-6-14-9(10)11-8/h6-7H,2-5H2,1H3,(H2,10,11). The van der Waals surface area contributed by atoms with E-state index in [9.17, 15) is 0 Å². The molecule has 1 atom stereocenters. The molecule has 0 aromatic carbocycles. The van der Waals surface area contributed by atoms with E-state index in [1.54, 1.807) is 0 Å². The molecule has 5 heteroatoms. The van der Waals surface area contributed by atoms with Gasteiger partial charge < -0.3 is 5.73 Å². The first kappa shape index (κ1) is 10.3. The summed E-state index contributed by atoms with van der Waals surface area (Å²) < 4.78 is 0. The summed E-state index contributed by atoms with van der Waals surface area (Å²) in [5, 5.41) is 2.74. The van der Waals surface area contributed by atoms with Gasteiger partial charge in [-0.2, -0.15) is 11.8 Å². The summed E-state index contributed by atoms with van der Waals surface area (Å²) in [4.78, 5) is 6.76. The summed E-state index contributed by atoms with van der Waals surface area (Å²) in [5.41, 5.74) is 6.72. The van der Waals surface area contributed by atoms with Gasteiger partial charge in [0.15, 0.2) is 5.13 Å². The number of rotatable bonds is 2. The molecule has 1 saturated heterocycles. The van der Waals surface area contributed by atoms with Crippen molar-refractivity contribution in [1.29, 1.82) is 0 Å². The highest BCUT2D eigenvalue weighted by atomic mass is 32.2. The summed E-state index contributed by atoms with van der Waals surface area (Å²) in [6, 6.07) is 0.664. The SMILES string of the molecule is CC1CSCCN1Cc1csc(N)n1. The van der Waals surface area contributed by atoms with Gasteiger partial charge in [0.1, 0.15) is 0 Å². The molecule has 2 heterocycles. The molecule has 78 valence electrons. The van der Waals surface area contributed by atoms with Crippen LogP contribution in [0.2, 0.25) is 0 Å². The van der Waals surface area contributed by atoms with E-state index >= 15 is 0 Å². The van der Waals surface area contributed by atoms with Crippen molar-refractivity contribution in [2.75, 3.05) is 23.8 Å². The van der Waals surface area contributed by atoms with Gasteiger partial charge in [0.05, 0.1) is 5.69 Å². The molecule has 0 bridgehead atoms. The molecule has 1 aromatic heterocycles. The minimum absolute atomic E-state index is 0.664. The zero-order valence-electron chi connectivity index (χ0n) is 8.27. The van der Waals surface area contributed by atoms with Crippen LogP contribution in [-0.4, -0.2) is 34.0 Å². The molecular formula is C9H15N3S2. The van der Waals surface area contributed by atoms with Gasteiger partial charge in [0, 0.05) is 36.0 Å². The first-order valence-electron chi connectivity index (χ1n) is 4.77. The molecule has 0 radical (unpaired) electrons. The predicted molar refractivity (Wildman–Crippen MR) is 63.7 cm³/mol. The van der Waals surface area contributed by atoms with Crippen molar-refractivity contribution in [1.82, 2.24) is 9.88 Å². The minimum Gasteiger partial charge on any atom is -0.375 e. The Hall–Kier alpha value is -0.260. The zero-order chi connectivity index (χ0) is 9.97. The highest BCUT2D eigenvalue weighted by Crippen LogP contribution is 2.19. The fourth-order valence-corrected chi connectivity index (χ4v) is 3.24. The lowest BCUT2D eigenvalue weighted by Crippen LogP contribution is -2.39. The molecule has 2 rings (SSSR count). The summed E-state index contributed by atoms with van der Waals surface area (Å²) >= 11 is 3.57. The van der Waals surface area contributed by atoms with Crippen LogP contribution in [0.3, 0.4) is 0 Å². The van der Waals surface area contributed by atoms with Gasteiger partial charge >= 0.3 is 0 Å². The molecular weight excluding hydrogens is 214 g/mol. The van der Waals surface area contributed by atoms with Crippen LogP contribution in [0, 0.1) is 0 Å². The van der Waals surface area contributed by atoms with E-state index in [2.05, 4.69) is 22.2 Å². The van der Waals surface area contributed by atoms with Crippen LogP contribution >= 0.6 is 23.1 Å². The van der Waals surface area contributed by atoms with Gasteiger partial charge in [-0.05, 0) is 6.92 Å². The number of nitrogens with zero attached hydrogens (tertiary/aromatic N) is 2. The second-order valence-electron chi connectivity index (χ2n) is 3.57. The van der Waals surface area contributed by atoms with Gasteiger partial charge in [0.25, 0.3) is 0 Å². The Morgan fingerprint density at radius 2 is 2.57 bits per heavy atom. The van der Waals surface area contributed by atoms with E-state index in [0.29, 0.717) is 11.2 Å². The van der Waals surface area contributed by atoms with Crippen molar-refractivity contribution in [2.24, 2.45) is 0 Å². The van der Waals surface area contributed by atoms with Crippen LogP contribution in [0.5, 0.6) is 0 Å². The third-order valence-corrected chi connectivity index (χ3v) is 4.35. The normalized spacial score (nSPS) is 23.9. The van der Waals surface area contributed by atoms with Crippen molar-refractivity contribution < 1.29 is 0 Å². The van der Waals surface area contributed by atoms with Crippen LogP contribution in [0.15, 0.2) is 5.38 Å². The Balaban J connectivity index is 1.95. The fourth-order valence-electron chi connectivity index (χ4n) is 1.60. The van der Waals surface area contributed by atoms with E-state index in [-0.39, 0.29) is 0 Å². The number of thiazole rings is 1. The van der Waals surface area contributed by atoms with E-state index in [1.807, 2.05) is 11.8 Å². The van der Waals surface area contributed by atoms with E-state index in [0.717, 1.165) is 12.2 Å². The van der Waals surface area contributed by atoms with Crippen LogP contribution < -0.4 is 5.73 Å². The molecule has 2 N–H and O–H groups in total. The second-order valence-corrected chi connectivity index (χ2v) is 5.61. The van der Waals surface area contributed by atoms with E-state index in [4.69, 9.17) is 5.73 Å². The maximum Gasteiger partial charge on any atom is 0.180 e. The van der Waals surface area contributed by atoms with Crippen molar-refractivity contribution in [2.45, 2.75) is 19.5 Å². The molecule has 3 nitrogen and oxygen atoms in total. The average Bonchev–Trinajstić information content (AvgIpc) is 2.56. The Morgan fingerprint density at radius 1 is 1.71 bits per heavy atom. The highest BCUT2D eigenvalue weighted by molar-refractivity contribution is 7.99. The Morgan fingerprint density at radius 3 is 3.21 bits per heavy atom. The Bertz CT molecular complexity index is 300. The number of hydrogen-bond donors (Lipinski definition) is 1. The summed E-state index contributed by atoms with van der Waals surface area (Å²) in [6.45, 7) is 4.40. The van der Waals surface area contributed by atoms with Crippen LogP contribution in [0.25, 0.3) is 0 Å². The maximum atomic E-state index is 5.60. The van der Waals surface area contributed by atoms with Crippen LogP contribution in [0.4, 0.5) is 5.13 Å². The molecule has 1 fully saturated rings. The number of nitrogens with two attached hydrogens (primary N) is 1. The van der Waals surface area contributed by atoms with E-state index in [1.165, 1.54) is 29.4 Å². The fraction of sp³-hybridized carbons (Fsp3) is 0.667. The summed E-state index contributed by atoms with van der Waals surface area (Å²) in [5.74, 6) is 2.48. The third-order valence-electron chi connectivity index (χ3n) is 2.44. The molecule has 0 amide bonds. The average molecular weight is 229 g/mol. The van der Waals surface area contributed by atoms with Crippen molar-refractivity contribution in [3.8, 4) is 0 Å². The van der Waals surface area contributed by atoms with Gasteiger partial charge in [-0.15, -0.1) is 11.3 Å².